The number of pyridine rings is 1. The number of aromatic nitrogens is 1. The molecule has 2 aliphatic rings. The number of fused-ring (bicyclic) bond motifs is 2. The molecule has 0 spiro atoms. The molecule has 5 heteroatoms. The summed E-state index contributed by atoms with van der Waals surface area (Å²) in [6.45, 7) is 0.452. The third kappa shape index (κ3) is 3.09. The van der Waals surface area contributed by atoms with E-state index < -0.39 is 0 Å². The molecule has 3 heterocycles. The maximum atomic E-state index is 12.3. The molecular weight excluding hydrogens is 264 g/mol. The number of nitrogens with zero attached hydrogens (tertiary/aromatic N) is 2. The summed E-state index contributed by atoms with van der Waals surface area (Å²) < 4.78 is 0. The topological polar surface area (TPSA) is 71.2 Å². The summed E-state index contributed by atoms with van der Waals surface area (Å²) in [6.07, 6.45) is 7.62. The second-order valence-electron chi connectivity index (χ2n) is 6.30. The lowest BCUT2D eigenvalue weighted by molar-refractivity contribution is 0.0462. The van der Waals surface area contributed by atoms with E-state index >= 15 is 0 Å². The van der Waals surface area contributed by atoms with Gasteiger partial charge in [0.15, 0.2) is 0 Å². The van der Waals surface area contributed by atoms with Crippen molar-refractivity contribution in [3.8, 4) is 0 Å². The number of amides is 1. The maximum absolute atomic E-state index is 12.3. The van der Waals surface area contributed by atoms with Gasteiger partial charge in [0.05, 0.1) is 0 Å². The summed E-state index contributed by atoms with van der Waals surface area (Å²) in [5.74, 6) is -0.0637. The van der Waals surface area contributed by atoms with Crippen molar-refractivity contribution in [1.29, 1.82) is 0 Å². The molecule has 0 aromatic carbocycles. The Bertz CT molecular complexity index is 488. The fraction of sp³-hybridized carbons (Fsp3) is 0.625. The first-order valence-electron chi connectivity index (χ1n) is 7.85. The first kappa shape index (κ1) is 14.5. The van der Waals surface area contributed by atoms with E-state index in [2.05, 4.69) is 22.2 Å². The van der Waals surface area contributed by atoms with Gasteiger partial charge in [-0.2, -0.15) is 0 Å². The van der Waals surface area contributed by atoms with Gasteiger partial charge >= 0.3 is 0 Å². The average Bonchev–Trinajstić information content (AvgIpc) is 2.48. The van der Waals surface area contributed by atoms with E-state index in [1.807, 2.05) is 6.07 Å². The molecule has 0 aliphatic carbocycles. The monoisotopic (exact) mass is 288 g/mol. The smallest absolute Gasteiger partial charge is 0.270 e. The normalized spacial score (nSPS) is 29.1. The SMILES string of the molecule is CN1C2CCCC1CC(NC(=O)c1ccc(CN)cn1)C2. The van der Waals surface area contributed by atoms with Crippen LogP contribution in [0, 0.1) is 0 Å². The number of carbonyl (C=O) groups is 1. The molecule has 2 atom stereocenters. The van der Waals surface area contributed by atoms with Crippen molar-refractivity contribution >= 4 is 5.91 Å². The fourth-order valence-electron chi connectivity index (χ4n) is 3.67. The summed E-state index contributed by atoms with van der Waals surface area (Å²) >= 11 is 0. The third-order valence-electron chi connectivity index (χ3n) is 4.97. The van der Waals surface area contributed by atoms with Crippen molar-refractivity contribution in [3.05, 3.63) is 29.6 Å². The maximum Gasteiger partial charge on any atom is 0.270 e. The highest BCUT2D eigenvalue weighted by Crippen LogP contribution is 2.32. The number of rotatable bonds is 3. The molecule has 0 saturated carbocycles. The molecule has 114 valence electrons. The van der Waals surface area contributed by atoms with Crippen LogP contribution in [0.15, 0.2) is 18.3 Å². The molecular formula is C16H24N4O. The van der Waals surface area contributed by atoms with Crippen LogP contribution in [0.5, 0.6) is 0 Å². The zero-order valence-corrected chi connectivity index (χ0v) is 12.6. The van der Waals surface area contributed by atoms with Gasteiger partial charge in [0.25, 0.3) is 5.91 Å². The molecule has 1 aromatic rings. The van der Waals surface area contributed by atoms with Crippen molar-refractivity contribution in [2.75, 3.05) is 7.05 Å². The fourth-order valence-corrected chi connectivity index (χ4v) is 3.67. The lowest BCUT2D eigenvalue weighted by Gasteiger charge is -2.47. The summed E-state index contributed by atoms with van der Waals surface area (Å²) in [4.78, 5) is 19.0. The summed E-state index contributed by atoms with van der Waals surface area (Å²) in [5, 5.41) is 3.16. The van der Waals surface area contributed by atoms with Crippen molar-refractivity contribution in [1.82, 2.24) is 15.2 Å². The van der Waals surface area contributed by atoms with Crippen molar-refractivity contribution in [2.45, 2.75) is 56.8 Å². The molecule has 5 nitrogen and oxygen atoms in total. The Kier molecular flexibility index (Phi) is 4.22. The lowest BCUT2D eigenvalue weighted by Crippen LogP contribution is -2.55. The van der Waals surface area contributed by atoms with Crippen LogP contribution in [-0.4, -0.2) is 41.0 Å². The number of carbonyl (C=O) groups excluding carboxylic acids is 1. The second kappa shape index (κ2) is 6.12. The van der Waals surface area contributed by atoms with Crippen LogP contribution in [0.25, 0.3) is 0 Å². The summed E-state index contributed by atoms with van der Waals surface area (Å²) in [6, 6.07) is 5.14. The van der Waals surface area contributed by atoms with E-state index in [1.165, 1.54) is 19.3 Å². The van der Waals surface area contributed by atoms with Crippen molar-refractivity contribution < 1.29 is 4.79 Å². The summed E-state index contributed by atoms with van der Waals surface area (Å²) in [7, 11) is 2.22. The molecule has 2 fully saturated rings. The standard InChI is InChI=1S/C16H24N4O/c1-20-13-3-2-4-14(20)8-12(7-13)19-16(21)15-6-5-11(9-17)10-18-15/h5-6,10,12-14H,2-4,7-9,17H2,1H3,(H,19,21). The molecule has 3 rings (SSSR count). The van der Waals surface area contributed by atoms with Crippen LogP contribution in [0.4, 0.5) is 0 Å². The van der Waals surface area contributed by atoms with Gasteiger partial charge in [0.1, 0.15) is 5.69 Å². The molecule has 2 aliphatic heterocycles. The Balaban J connectivity index is 1.62. The van der Waals surface area contributed by atoms with Crippen LogP contribution in [0.2, 0.25) is 0 Å². The highest BCUT2D eigenvalue weighted by Gasteiger charge is 2.36. The number of nitrogens with two attached hydrogens (primary N) is 1. The largest absolute Gasteiger partial charge is 0.348 e. The van der Waals surface area contributed by atoms with Gasteiger partial charge in [0.2, 0.25) is 0 Å². The molecule has 21 heavy (non-hydrogen) atoms. The Morgan fingerprint density at radius 2 is 2.10 bits per heavy atom. The predicted molar refractivity (Wildman–Crippen MR) is 81.8 cm³/mol. The Morgan fingerprint density at radius 3 is 2.67 bits per heavy atom. The minimum absolute atomic E-state index is 0.0637. The van der Waals surface area contributed by atoms with Crippen LogP contribution < -0.4 is 11.1 Å². The number of hydrogen-bond acceptors (Lipinski definition) is 4. The van der Waals surface area contributed by atoms with E-state index in [-0.39, 0.29) is 11.9 Å². The van der Waals surface area contributed by atoms with Gasteiger partial charge in [0, 0.05) is 30.9 Å². The third-order valence-corrected chi connectivity index (χ3v) is 4.97. The first-order chi connectivity index (χ1) is 10.2. The van der Waals surface area contributed by atoms with E-state index in [4.69, 9.17) is 5.73 Å². The van der Waals surface area contributed by atoms with Crippen LogP contribution >= 0.6 is 0 Å². The van der Waals surface area contributed by atoms with Gasteiger partial charge < -0.3 is 16.0 Å². The van der Waals surface area contributed by atoms with Crippen LogP contribution in [0.3, 0.4) is 0 Å². The second-order valence-corrected chi connectivity index (χ2v) is 6.30. The zero-order valence-electron chi connectivity index (χ0n) is 12.6. The highest BCUT2D eigenvalue weighted by molar-refractivity contribution is 5.92. The Hall–Kier alpha value is -1.46. The lowest BCUT2D eigenvalue weighted by atomic mass is 9.82. The van der Waals surface area contributed by atoms with Gasteiger partial charge in [-0.15, -0.1) is 0 Å². The van der Waals surface area contributed by atoms with Crippen molar-refractivity contribution in [2.24, 2.45) is 5.73 Å². The highest BCUT2D eigenvalue weighted by atomic mass is 16.1. The number of piperidine rings is 2. The molecule has 3 N–H and O–H groups in total. The van der Waals surface area contributed by atoms with Crippen LogP contribution in [-0.2, 0) is 6.54 Å². The number of hydrogen-bond donors (Lipinski definition) is 2. The first-order valence-corrected chi connectivity index (χ1v) is 7.85. The van der Waals surface area contributed by atoms with E-state index in [0.717, 1.165) is 18.4 Å². The van der Waals surface area contributed by atoms with Crippen LogP contribution in [0.1, 0.15) is 48.2 Å². The van der Waals surface area contributed by atoms with E-state index in [9.17, 15) is 4.79 Å². The molecule has 2 bridgehead atoms. The van der Waals surface area contributed by atoms with E-state index in [0.29, 0.717) is 24.3 Å². The average molecular weight is 288 g/mol. The Morgan fingerprint density at radius 1 is 1.38 bits per heavy atom. The number of nitrogens with one attached hydrogen (secondary N) is 1. The predicted octanol–water partition coefficient (Wildman–Crippen LogP) is 1.29. The minimum Gasteiger partial charge on any atom is -0.348 e. The Labute approximate surface area is 125 Å². The quantitative estimate of drug-likeness (QED) is 0.879. The molecule has 2 saturated heterocycles. The van der Waals surface area contributed by atoms with Gasteiger partial charge in [-0.05, 0) is 44.4 Å². The van der Waals surface area contributed by atoms with E-state index in [1.54, 1.807) is 12.3 Å². The molecule has 1 aromatic heterocycles. The van der Waals surface area contributed by atoms with Gasteiger partial charge in [-0.25, -0.2) is 0 Å². The minimum atomic E-state index is -0.0637. The molecule has 0 radical (unpaired) electrons. The summed E-state index contributed by atoms with van der Waals surface area (Å²) in [5.41, 5.74) is 6.97. The van der Waals surface area contributed by atoms with Gasteiger partial charge in [-0.3, -0.25) is 9.78 Å². The van der Waals surface area contributed by atoms with Crippen molar-refractivity contribution in [3.63, 3.8) is 0 Å². The van der Waals surface area contributed by atoms with Gasteiger partial charge in [-0.1, -0.05) is 12.5 Å². The zero-order chi connectivity index (χ0) is 14.8. The molecule has 2 unspecified atom stereocenters. The molecule has 1 amide bonds.